The van der Waals surface area contributed by atoms with Gasteiger partial charge in [0, 0.05) is 0 Å². The number of hydrogen-bond donors (Lipinski definition) is 0. The summed E-state index contributed by atoms with van der Waals surface area (Å²) in [7, 11) is 2.18. The Kier molecular flexibility index (Phi) is 19.2. The van der Waals surface area contributed by atoms with Gasteiger partial charge in [-0.2, -0.15) is 0 Å². The van der Waals surface area contributed by atoms with E-state index in [1.54, 1.807) is 0 Å². The molecule has 1 rings (SSSR count). The van der Waals surface area contributed by atoms with Crippen LogP contribution in [0.1, 0.15) is 119 Å². The fraction of sp³-hybridized carbons (Fsp3) is 0.857. The van der Waals surface area contributed by atoms with Crippen LogP contribution in [-0.2, 0) is 0 Å². The molecule has 1 aromatic rings. The monoisotopic (exact) mass is 708 g/mol. The average Bonchev–Trinajstić information content (AvgIpc) is 2.86. The summed E-state index contributed by atoms with van der Waals surface area (Å²) in [5, 5.41) is 1.04. The second-order valence-electron chi connectivity index (χ2n) is 10.4. The van der Waals surface area contributed by atoms with E-state index in [9.17, 15) is 0 Å². The van der Waals surface area contributed by atoms with Crippen LogP contribution in [0.4, 0.5) is 0 Å². The normalized spacial score (nSPS) is 12.3. The summed E-state index contributed by atoms with van der Waals surface area (Å²) >= 11 is -5.12. The SMILES string of the molecule is CCC[CH2][Sn]([CH2]CCC)([CH2]CCC)[O]c1ccnc([S][Sn]([CH2]CCC)([CH2]CCC)[CH2]CCC)n1. The van der Waals surface area contributed by atoms with Crippen molar-refractivity contribution in [3.63, 3.8) is 0 Å². The van der Waals surface area contributed by atoms with Gasteiger partial charge in [0.2, 0.25) is 0 Å². The second-order valence-corrected chi connectivity index (χ2v) is 41.1. The van der Waals surface area contributed by atoms with E-state index in [2.05, 4.69) is 56.6 Å². The molecule has 0 atom stereocenters. The molecule has 0 fully saturated rings. The van der Waals surface area contributed by atoms with Crippen molar-refractivity contribution in [2.75, 3.05) is 0 Å². The summed E-state index contributed by atoms with van der Waals surface area (Å²) in [6.07, 6.45) is 17.9. The van der Waals surface area contributed by atoms with Gasteiger partial charge in [0.1, 0.15) is 0 Å². The third-order valence-electron chi connectivity index (χ3n) is 7.15. The van der Waals surface area contributed by atoms with Crippen molar-refractivity contribution in [1.82, 2.24) is 9.97 Å². The average molecular weight is 706 g/mol. The topological polar surface area (TPSA) is 35.0 Å². The molecule has 0 N–H and O–H groups in total. The zero-order valence-corrected chi connectivity index (χ0v) is 30.1. The van der Waals surface area contributed by atoms with E-state index in [1.807, 2.05) is 6.20 Å². The summed E-state index contributed by atoms with van der Waals surface area (Å²) in [6.45, 7) is 14.0. The van der Waals surface area contributed by atoms with E-state index in [1.165, 1.54) is 104 Å². The predicted octanol–water partition coefficient (Wildman–Crippen LogP) is 10.6. The van der Waals surface area contributed by atoms with Gasteiger partial charge in [0.25, 0.3) is 0 Å². The molecule has 6 heteroatoms. The summed E-state index contributed by atoms with van der Waals surface area (Å²) in [5.41, 5.74) is 0. The molecule has 1 heterocycles. The van der Waals surface area contributed by atoms with E-state index >= 15 is 0 Å². The van der Waals surface area contributed by atoms with Crippen LogP contribution in [0.25, 0.3) is 0 Å². The van der Waals surface area contributed by atoms with E-state index in [0.29, 0.717) is 0 Å². The van der Waals surface area contributed by atoms with Crippen molar-refractivity contribution < 1.29 is 3.07 Å². The van der Waals surface area contributed by atoms with Crippen molar-refractivity contribution >= 4 is 44.7 Å². The fourth-order valence-corrected chi connectivity index (χ4v) is 39.4. The molecule has 1 aromatic heterocycles. The van der Waals surface area contributed by atoms with Crippen molar-refractivity contribution in [2.24, 2.45) is 0 Å². The first kappa shape index (κ1) is 32.9. The molecule has 0 saturated carbocycles. The third-order valence-corrected chi connectivity index (χ3v) is 40.8. The van der Waals surface area contributed by atoms with Crippen molar-refractivity contribution in [3.05, 3.63) is 12.3 Å². The molecular weight excluding hydrogens is 650 g/mol. The van der Waals surface area contributed by atoms with Crippen LogP contribution in [0.2, 0.25) is 26.6 Å². The third kappa shape index (κ3) is 12.9. The van der Waals surface area contributed by atoms with Crippen LogP contribution in [0.15, 0.2) is 17.4 Å². The zero-order chi connectivity index (χ0) is 25.1. The maximum absolute atomic E-state index is 7.08. The number of aromatic nitrogens is 2. The molecule has 0 bridgehead atoms. The van der Waals surface area contributed by atoms with Crippen LogP contribution in [-0.4, -0.2) is 45.8 Å². The Bertz CT molecular complexity index is 539. The van der Waals surface area contributed by atoms with Gasteiger partial charge in [-0.05, 0) is 0 Å². The fourth-order valence-electron chi connectivity index (χ4n) is 4.90. The first-order valence-corrected chi connectivity index (χ1v) is 32.3. The number of hydrogen-bond acceptors (Lipinski definition) is 4. The number of rotatable bonds is 22. The standard InChI is InChI=1S/C4H4N2OS.6C4H9.2Sn/c7-3-1-2-5-4(8)6-3;6*1-3-4-2;;/h1-2H,(H2,5,6,7,8);6*1,3-4H2,2H3;;/q;;;;;;;2*+1/p-2. The van der Waals surface area contributed by atoms with Gasteiger partial charge in [-0.3, -0.25) is 0 Å². The van der Waals surface area contributed by atoms with Crippen LogP contribution in [0, 0.1) is 0 Å². The Morgan fingerprint density at radius 1 is 0.647 bits per heavy atom. The van der Waals surface area contributed by atoms with Crippen LogP contribution in [0.3, 0.4) is 0 Å². The molecule has 0 aliphatic heterocycles. The minimum absolute atomic E-state index is 0.915. The Balaban J connectivity index is 3.17. The molecule has 0 aromatic carbocycles. The van der Waals surface area contributed by atoms with Crippen LogP contribution in [0.5, 0.6) is 5.88 Å². The minimum atomic E-state index is -2.73. The molecule has 0 saturated heterocycles. The Hall–Kier alpha value is 0.827. The van der Waals surface area contributed by atoms with E-state index in [0.717, 1.165) is 11.0 Å². The van der Waals surface area contributed by atoms with Crippen LogP contribution >= 0.6 is 8.95 Å². The Labute approximate surface area is 224 Å². The van der Waals surface area contributed by atoms with Gasteiger partial charge < -0.3 is 0 Å². The van der Waals surface area contributed by atoms with Gasteiger partial charge in [-0.25, -0.2) is 0 Å². The van der Waals surface area contributed by atoms with Crippen LogP contribution < -0.4 is 3.07 Å². The van der Waals surface area contributed by atoms with Gasteiger partial charge in [-0.15, -0.1) is 0 Å². The molecule has 198 valence electrons. The molecule has 3 nitrogen and oxygen atoms in total. The predicted molar refractivity (Wildman–Crippen MR) is 158 cm³/mol. The molecule has 0 amide bonds. The number of unbranched alkanes of at least 4 members (excludes halogenated alkanes) is 6. The van der Waals surface area contributed by atoms with E-state index in [-0.39, 0.29) is 0 Å². The van der Waals surface area contributed by atoms with E-state index in [4.69, 9.17) is 13.0 Å². The van der Waals surface area contributed by atoms with Gasteiger partial charge in [0.05, 0.1) is 0 Å². The molecule has 0 unspecified atom stereocenters. The summed E-state index contributed by atoms with van der Waals surface area (Å²) in [5.74, 6) is 0.915. The van der Waals surface area contributed by atoms with Crippen molar-refractivity contribution in [1.29, 1.82) is 0 Å². The van der Waals surface area contributed by atoms with Gasteiger partial charge >= 0.3 is 226 Å². The second kappa shape index (κ2) is 19.9. The summed E-state index contributed by atoms with van der Waals surface area (Å²) in [4.78, 5) is 9.94. The molecule has 0 aliphatic carbocycles. The first-order chi connectivity index (χ1) is 16.5. The van der Waals surface area contributed by atoms with Gasteiger partial charge in [0.15, 0.2) is 0 Å². The molecule has 0 spiro atoms. The summed E-state index contributed by atoms with van der Waals surface area (Å²) in [6, 6.07) is 2.07. The maximum atomic E-state index is 7.08. The van der Waals surface area contributed by atoms with Crippen molar-refractivity contribution in [2.45, 2.75) is 150 Å². The molecule has 34 heavy (non-hydrogen) atoms. The Morgan fingerprint density at radius 2 is 1.06 bits per heavy atom. The van der Waals surface area contributed by atoms with Gasteiger partial charge in [-0.1, -0.05) is 0 Å². The zero-order valence-electron chi connectivity index (χ0n) is 23.6. The summed E-state index contributed by atoms with van der Waals surface area (Å²) < 4.78 is 15.6. The molecule has 0 radical (unpaired) electrons. The first-order valence-electron chi connectivity index (χ1n) is 14.7. The quantitative estimate of drug-likeness (QED) is 0.0889. The molecule has 0 aliphatic rings. The van der Waals surface area contributed by atoms with E-state index < -0.39 is 35.8 Å². The van der Waals surface area contributed by atoms with Crippen molar-refractivity contribution in [3.8, 4) is 5.88 Å². The number of nitrogens with zero attached hydrogens (tertiary/aromatic N) is 2. The Morgan fingerprint density at radius 3 is 1.47 bits per heavy atom. The molecular formula is C28H56N2OSSn2.